The van der Waals surface area contributed by atoms with Gasteiger partial charge in [0.1, 0.15) is 24.7 Å². The van der Waals surface area contributed by atoms with Crippen LogP contribution in [0.1, 0.15) is 13.8 Å². The van der Waals surface area contributed by atoms with E-state index < -0.39 is 24.1 Å². The maximum absolute atomic E-state index is 11.7. The zero-order chi connectivity index (χ0) is 28.2. The number of hydrogen-bond acceptors (Lipinski definition) is 8. The third-order valence-corrected chi connectivity index (χ3v) is 5.69. The van der Waals surface area contributed by atoms with E-state index in [1.165, 1.54) is 13.8 Å². The minimum absolute atomic E-state index is 0.0533. The molecular formula is C30H33ClO8. The quantitative estimate of drug-likeness (QED) is 0.0964. The van der Waals surface area contributed by atoms with E-state index in [1.807, 2.05) is 30.3 Å². The Balaban J connectivity index is 1.99. The highest BCUT2D eigenvalue weighted by Gasteiger charge is 2.21. The highest BCUT2D eigenvalue weighted by atomic mass is 35.5. The van der Waals surface area contributed by atoms with Gasteiger partial charge >= 0.3 is 11.9 Å². The molecule has 3 aromatic carbocycles. The Hall–Kier alpha value is -3.59. The number of carbonyl (C=O) groups is 2. The van der Waals surface area contributed by atoms with E-state index >= 15 is 0 Å². The minimum atomic E-state index is -0.633. The Morgan fingerprint density at radius 3 is 1.67 bits per heavy atom. The summed E-state index contributed by atoms with van der Waals surface area (Å²) in [6.07, 6.45) is 1.98. The van der Waals surface area contributed by atoms with Crippen LogP contribution in [-0.2, 0) is 28.5 Å². The van der Waals surface area contributed by atoms with Crippen LogP contribution in [0, 0.1) is 0 Å². The van der Waals surface area contributed by atoms with Gasteiger partial charge in [0.25, 0.3) is 0 Å². The summed E-state index contributed by atoms with van der Waals surface area (Å²) in [5.41, 5.74) is 0. The first kappa shape index (κ1) is 30.0. The highest BCUT2D eigenvalue weighted by molar-refractivity contribution is 6.31. The molecular weight excluding hydrogens is 524 g/mol. The average molecular weight is 557 g/mol. The van der Waals surface area contributed by atoms with E-state index in [0.717, 1.165) is 16.2 Å². The predicted octanol–water partition coefficient (Wildman–Crippen LogP) is 5.67. The molecule has 0 aliphatic carbocycles. The van der Waals surface area contributed by atoms with Crippen molar-refractivity contribution in [3.63, 3.8) is 0 Å². The van der Waals surface area contributed by atoms with E-state index in [2.05, 4.69) is 13.2 Å². The number of rotatable bonds is 16. The Kier molecular flexibility index (Phi) is 11.6. The molecule has 0 saturated carbocycles. The van der Waals surface area contributed by atoms with Crippen LogP contribution < -0.4 is 9.47 Å². The molecule has 0 heterocycles. The molecule has 0 spiro atoms. The predicted molar refractivity (Wildman–Crippen MR) is 151 cm³/mol. The van der Waals surface area contributed by atoms with Crippen molar-refractivity contribution in [1.29, 1.82) is 0 Å². The summed E-state index contributed by atoms with van der Waals surface area (Å²) in [6, 6.07) is 13.0. The van der Waals surface area contributed by atoms with E-state index in [1.54, 1.807) is 24.3 Å². The zero-order valence-corrected chi connectivity index (χ0v) is 22.9. The van der Waals surface area contributed by atoms with Crippen LogP contribution in [0.5, 0.6) is 11.5 Å². The fourth-order valence-electron chi connectivity index (χ4n) is 4.00. The molecule has 208 valence electrons. The molecule has 0 N–H and O–H groups in total. The number of benzene rings is 3. The maximum atomic E-state index is 11.7. The van der Waals surface area contributed by atoms with Crippen LogP contribution in [0.3, 0.4) is 0 Å². The molecule has 0 bridgehead atoms. The lowest BCUT2D eigenvalue weighted by Crippen LogP contribution is -2.29. The van der Waals surface area contributed by atoms with Crippen molar-refractivity contribution in [2.24, 2.45) is 0 Å². The first-order valence-electron chi connectivity index (χ1n) is 12.4. The van der Waals surface area contributed by atoms with E-state index in [-0.39, 0.29) is 26.4 Å². The van der Waals surface area contributed by atoms with Crippen LogP contribution in [0.4, 0.5) is 0 Å². The lowest BCUT2D eigenvalue weighted by molar-refractivity contribution is -0.151. The number of halogens is 1. The highest BCUT2D eigenvalue weighted by Crippen LogP contribution is 2.43. The number of ether oxygens (including phenoxy) is 6. The Bertz CT molecular complexity index is 1310. The van der Waals surface area contributed by atoms with Crippen LogP contribution >= 0.6 is 11.6 Å². The second kappa shape index (κ2) is 15.1. The lowest BCUT2D eigenvalue weighted by atomic mass is 10.0. The van der Waals surface area contributed by atoms with Crippen molar-refractivity contribution in [2.45, 2.75) is 26.1 Å². The van der Waals surface area contributed by atoms with Gasteiger partial charge in [-0.25, -0.2) is 0 Å². The molecule has 2 unspecified atom stereocenters. The summed E-state index contributed by atoms with van der Waals surface area (Å²) in [4.78, 5) is 23.3. The fraction of sp³-hybridized carbons (Fsp3) is 0.333. The SMILES string of the molecule is C=CCOCC(COc1c2ccccc2c(OCC(COCC=C)OC(C)=O)c2cc(Cl)ccc12)OC(C)=O. The number of hydrogen-bond donors (Lipinski definition) is 0. The van der Waals surface area contributed by atoms with E-state index in [9.17, 15) is 9.59 Å². The fourth-order valence-corrected chi connectivity index (χ4v) is 4.17. The summed E-state index contributed by atoms with van der Waals surface area (Å²) in [5, 5.41) is 3.51. The van der Waals surface area contributed by atoms with Crippen LogP contribution in [0.25, 0.3) is 21.5 Å². The standard InChI is InChI=1S/C30H33ClO8/c1-5-13-34-16-23(38-20(3)32)18-36-29-25-9-7-8-10-26(25)30(28-15-22(31)11-12-27(28)29)37-19-24(39-21(4)33)17-35-14-6-2/h5-12,15,23-24H,1-2,13-14,16-19H2,3-4H3. The van der Waals surface area contributed by atoms with Gasteiger partial charge in [0.15, 0.2) is 12.2 Å². The Morgan fingerprint density at radius 2 is 1.21 bits per heavy atom. The monoisotopic (exact) mass is 556 g/mol. The number of carbonyl (C=O) groups excluding carboxylic acids is 2. The Morgan fingerprint density at radius 1 is 0.744 bits per heavy atom. The normalized spacial score (nSPS) is 12.5. The van der Waals surface area contributed by atoms with Crippen molar-refractivity contribution in [1.82, 2.24) is 0 Å². The molecule has 0 aliphatic rings. The van der Waals surface area contributed by atoms with Crippen LogP contribution in [-0.4, -0.2) is 63.8 Å². The maximum Gasteiger partial charge on any atom is 0.303 e. The van der Waals surface area contributed by atoms with Gasteiger partial charge in [0.05, 0.1) is 26.4 Å². The third kappa shape index (κ3) is 8.71. The first-order chi connectivity index (χ1) is 18.8. The summed E-state index contributed by atoms with van der Waals surface area (Å²) in [5.74, 6) is 0.265. The third-order valence-electron chi connectivity index (χ3n) is 5.46. The molecule has 3 rings (SSSR count). The Labute approximate surface area is 233 Å². The molecule has 39 heavy (non-hydrogen) atoms. The van der Waals surface area contributed by atoms with Crippen LogP contribution in [0.15, 0.2) is 67.8 Å². The largest absolute Gasteiger partial charge is 0.488 e. The van der Waals surface area contributed by atoms with Crippen molar-refractivity contribution in [3.05, 3.63) is 72.8 Å². The second-order valence-electron chi connectivity index (χ2n) is 8.63. The molecule has 0 radical (unpaired) electrons. The molecule has 3 aromatic rings. The van der Waals surface area contributed by atoms with Gasteiger partial charge in [0.2, 0.25) is 0 Å². The minimum Gasteiger partial charge on any atom is -0.488 e. The molecule has 8 nitrogen and oxygen atoms in total. The zero-order valence-electron chi connectivity index (χ0n) is 22.2. The molecule has 0 fully saturated rings. The molecule has 0 aliphatic heterocycles. The molecule has 0 saturated heterocycles. The van der Waals surface area contributed by atoms with Crippen molar-refractivity contribution in [3.8, 4) is 11.5 Å². The summed E-state index contributed by atoms with van der Waals surface area (Å²) in [6.45, 7) is 11.0. The molecule has 2 atom stereocenters. The average Bonchev–Trinajstić information content (AvgIpc) is 2.89. The van der Waals surface area contributed by atoms with E-state index in [4.69, 9.17) is 40.0 Å². The summed E-state index contributed by atoms with van der Waals surface area (Å²) in [7, 11) is 0. The van der Waals surface area contributed by atoms with Gasteiger partial charge in [0, 0.05) is 40.4 Å². The molecule has 0 amide bonds. The smallest absolute Gasteiger partial charge is 0.303 e. The van der Waals surface area contributed by atoms with Crippen molar-refractivity contribution < 1.29 is 38.0 Å². The number of fused-ring (bicyclic) bond motifs is 2. The topological polar surface area (TPSA) is 89.5 Å². The van der Waals surface area contributed by atoms with E-state index in [0.29, 0.717) is 35.1 Å². The first-order valence-corrected chi connectivity index (χ1v) is 12.8. The van der Waals surface area contributed by atoms with Crippen LogP contribution in [0.2, 0.25) is 5.02 Å². The van der Waals surface area contributed by atoms with Gasteiger partial charge in [-0.05, 0) is 18.2 Å². The molecule has 9 heteroatoms. The second-order valence-corrected chi connectivity index (χ2v) is 9.07. The van der Waals surface area contributed by atoms with Gasteiger partial charge < -0.3 is 28.4 Å². The summed E-state index contributed by atoms with van der Waals surface area (Å²) < 4.78 is 34.3. The lowest BCUT2D eigenvalue weighted by Gasteiger charge is -2.22. The van der Waals surface area contributed by atoms with Gasteiger partial charge in [-0.3, -0.25) is 9.59 Å². The number of esters is 2. The van der Waals surface area contributed by atoms with Crippen molar-refractivity contribution >= 4 is 45.1 Å². The van der Waals surface area contributed by atoms with Gasteiger partial charge in [-0.2, -0.15) is 0 Å². The summed E-state index contributed by atoms with van der Waals surface area (Å²) >= 11 is 6.39. The van der Waals surface area contributed by atoms with Gasteiger partial charge in [-0.15, -0.1) is 13.2 Å². The van der Waals surface area contributed by atoms with Gasteiger partial charge in [-0.1, -0.05) is 48.0 Å². The van der Waals surface area contributed by atoms with Crippen molar-refractivity contribution in [2.75, 3.05) is 39.6 Å². The molecule has 0 aromatic heterocycles.